The largest absolute Gasteiger partial charge is 0.376 e. The van der Waals surface area contributed by atoms with Crippen LogP contribution in [-0.4, -0.2) is 48.7 Å². The molecule has 0 saturated carbocycles. The summed E-state index contributed by atoms with van der Waals surface area (Å²) in [6.07, 6.45) is 1.21. The lowest BCUT2D eigenvalue weighted by molar-refractivity contribution is -0.0390. The Bertz CT molecular complexity index is 564. The molecule has 3 atom stereocenters. The van der Waals surface area contributed by atoms with Crippen molar-refractivity contribution in [3.63, 3.8) is 0 Å². The number of hydrogen-bond donors (Lipinski definition) is 1. The van der Waals surface area contributed by atoms with Crippen molar-refractivity contribution < 1.29 is 9.53 Å². The fraction of sp³-hybridized carbons (Fsp3) is 0.500. The fourth-order valence-corrected chi connectivity index (χ4v) is 3.11. The number of amides is 1. The highest BCUT2D eigenvalue weighted by Crippen LogP contribution is 2.23. The van der Waals surface area contributed by atoms with Gasteiger partial charge in [0.25, 0.3) is 5.91 Å². The number of nitrogens with zero attached hydrogens (tertiary/aromatic N) is 2. The van der Waals surface area contributed by atoms with Gasteiger partial charge in [-0.1, -0.05) is 0 Å². The Hall–Kier alpha value is -1.90. The van der Waals surface area contributed by atoms with Crippen molar-refractivity contribution in [1.82, 2.24) is 10.2 Å². The minimum absolute atomic E-state index is 0.0710. The van der Waals surface area contributed by atoms with Crippen LogP contribution >= 0.6 is 0 Å². The first-order valence-electron chi connectivity index (χ1n) is 7.32. The minimum Gasteiger partial charge on any atom is -0.376 e. The van der Waals surface area contributed by atoms with Gasteiger partial charge in [-0.15, -0.1) is 0 Å². The molecule has 1 N–H and O–H groups in total. The molecule has 5 nitrogen and oxygen atoms in total. The van der Waals surface area contributed by atoms with E-state index in [-0.39, 0.29) is 18.1 Å². The zero-order chi connectivity index (χ0) is 14.8. The number of fused-ring (bicyclic) bond motifs is 1. The van der Waals surface area contributed by atoms with Crippen LogP contribution in [-0.2, 0) is 4.74 Å². The normalized spacial score (nSPS) is 28.7. The molecule has 110 valence electrons. The third-order valence-electron chi connectivity index (χ3n) is 4.20. The lowest BCUT2D eigenvalue weighted by Crippen LogP contribution is -2.45. The van der Waals surface area contributed by atoms with Gasteiger partial charge in [0.2, 0.25) is 0 Å². The molecule has 1 aromatic carbocycles. The highest BCUT2D eigenvalue weighted by Gasteiger charge is 2.36. The van der Waals surface area contributed by atoms with Crippen LogP contribution in [0.25, 0.3) is 0 Å². The van der Waals surface area contributed by atoms with Gasteiger partial charge in [0.05, 0.1) is 24.3 Å². The summed E-state index contributed by atoms with van der Waals surface area (Å²) in [7, 11) is 0. The molecule has 0 unspecified atom stereocenters. The van der Waals surface area contributed by atoms with E-state index in [1.807, 2.05) is 0 Å². The highest BCUT2D eigenvalue weighted by molar-refractivity contribution is 5.94. The third-order valence-corrected chi connectivity index (χ3v) is 4.20. The van der Waals surface area contributed by atoms with Crippen LogP contribution in [0.1, 0.15) is 29.3 Å². The van der Waals surface area contributed by atoms with E-state index >= 15 is 0 Å². The predicted octanol–water partition coefficient (Wildman–Crippen LogP) is 1.15. The number of carbonyl (C=O) groups is 1. The van der Waals surface area contributed by atoms with E-state index in [1.54, 1.807) is 24.3 Å². The predicted molar refractivity (Wildman–Crippen MR) is 77.8 cm³/mol. The van der Waals surface area contributed by atoms with Gasteiger partial charge < -0.3 is 10.1 Å². The summed E-state index contributed by atoms with van der Waals surface area (Å²) >= 11 is 0. The van der Waals surface area contributed by atoms with Gasteiger partial charge in [0.15, 0.2) is 0 Å². The Morgan fingerprint density at radius 2 is 2.14 bits per heavy atom. The summed E-state index contributed by atoms with van der Waals surface area (Å²) in [6, 6.07) is 9.38. The van der Waals surface area contributed by atoms with Gasteiger partial charge in [-0.25, -0.2) is 0 Å². The number of carbonyl (C=O) groups excluding carboxylic acids is 1. The monoisotopic (exact) mass is 285 g/mol. The molecule has 1 amide bonds. The number of rotatable bonds is 2. The van der Waals surface area contributed by atoms with Crippen molar-refractivity contribution in [3.05, 3.63) is 35.4 Å². The maximum Gasteiger partial charge on any atom is 0.251 e. The molecule has 2 saturated heterocycles. The molecular formula is C16H19N3O2. The maximum atomic E-state index is 12.2. The average Bonchev–Trinajstić information content (AvgIpc) is 2.88. The molecular weight excluding hydrogens is 266 g/mol. The first-order valence-corrected chi connectivity index (χ1v) is 7.32. The fourth-order valence-electron chi connectivity index (χ4n) is 3.11. The molecule has 3 rings (SSSR count). The lowest BCUT2D eigenvalue weighted by atomic mass is 10.1. The zero-order valence-electron chi connectivity index (χ0n) is 12.1. The van der Waals surface area contributed by atoms with Crippen molar-refractivity contribution in [2.24, 2.45) is 0 Å². The second-order valence-corrected chi connectivity index (χ2v) is 5.85. The molecule has 0 bridgehead atoms. The first-order chi connectivity index (χ1) is 10.2. The molecule has 0 radical (unpaired) electrons. The van der Waals surface area contributed by atoms with Crippen LogP contribution in [0.2, 0.25) is 0 Å². The summed E-state index contributed by atoms with van der Waals surface area (Å²) in [6.45, 7) is 4.66. The first kappa shape index (κ1) is 14.1. The van der Waals surface area contributed by atoms with Crippen LogP contribution < -0.4 is 5.32 Å². The van der Waals surface area contributed by atoms with Crippen LogP contribution in [0.15, 0.2) is 24.3 Å². The molecule has 0 aromatic heterocycles. The van der Waals surface area contributed by atoms with Crippen LogP contribution in [0.4, 0.5) is 0 Å². The van der Waals surface area contributed by atoms with Gasteiger partial charge in [0, 0.05) is 30.7 Å². The number of benzene rings is 1. The quantitative estimate of drug-likeness (QED) is 0.885. The van der Waals surface area contributed by atoms with Crippen molar-refractivity contribution in [2.75, 3.05) is 19.7 Å². The van der Waals surface area contributed by atoms with Crippen LogP contribution in [0, 0.1) is 11.3 Å². The molecule has 2 heterocycles. The Balaban J connectivity index is 1.59. The lowest BCUT2D eigenvalue weighted by Gasteiger charge is -2.33. The Morgan fingerprint density at radius 1 is 1.38 bits per heavy atom. The number of hydrogen-bond acceptors (Lipinski definition) is 4. The summed E-state index contributed by atoms with van der Waals surface area (Å²) in [5.74, 6) is -0.0710. The molecule has 0 spiro atoms. The molecule has 2 fully saturated rings. The van der Waals surface area contributed by atoms with Crippen LogP contribution in [0.5, 0.6) is 0 Å². The van der Waals surface area contributed by atoms with Crippen molar-refractivity contribution >= 4 is 5.91 Å². The van der Waals surface area contributed by atoms with Gasteiger partial charge in [-0.2, -0.15) is 5.26 Å². The smallest absolute Gasteiger partial charge is 0.251 e. The summed E-state index contributed by atoms with van der Waals surface area (Å²) in [5.41, 5.74) is 1.17. The van der Waals surface area contributed by atoms with Crippen molar-refractivity contribution in [3.8, 4) is 6.07 Å². The SMILES string of the molecule is C[C@@H]1CN2C[C@@H](NC(=O)c3ccc(C#N)cc3)C[C@H]2CO1. The van der Waals surface area contributed by atoms with Crippen molar-refractivity contribution in [1.29, 1.82) is 5.26 Å². The third kappa shape index (κ3) is 3.07. The van der Waals surface area contributed by atoms with E-state index in [9.17, 15) is 4.79 Å². The summed E-state index contributed by atoms with van der Waals surface area (Å²) in [5, 5.41) is 11.9. The summed E-state index contributed by atoms with van der Waals surface area (Å²) in [4.78, 5) is 14.6. The second kappa shape index (κ2) is 5.84. The van der Waals surface area contributed by atoms with Crippen molar-refractivity contribution in [2.45, 2.75) is 31.5 Å². The standard InChI is InChI=1S/C16H19N3O2/c1-11-8-19-9-14(6-15(19)10-21-11)18-16(20)13-4-2-12(7-17)3-5-13/h2-5,11,14-15H,6,8-10H2,1H3,(H,18,20)/t11-,14+,15+/m1/s1. The van der Waals surface area contributed by atoms with Gasteiger partial charge >= 0.3 is 0 Å². The highest BCUT2D eigenvalue weighted by atomic mass is 16.5. The topological polar surface area (TPSA) is 65.4 Å². The van der Waals surface area contributed by atoms with E-state index < -0.39 is 0 Å². The number of morpholine rings is 1. The minimum atomic E-state index is -0.0710. The molecule has 21 heavy (non-hydrogen) atoms. The summed E-state index contributed by atoms with van der Waals surface area (Å²) < 4.78 is 5.67. The van der Waals surface area contributed by atoms with Gasteiger partial charge in [-0.3, -0.25) is 9.69 Å². The van der Waals surface area contributed by atoms with E-state index in [4.69, 9.17) is 10.00 Å². The van der Waals surface area contributed by atoms with Gasteiger partial charge in [0.1, 0.15) is 0 Å². The zero-order valence-corrected chi connectivity index (χ0v) is 12.1. The number of nitriles is 1. The Morgan fingerprint density at radius 3 is 2.86 bits per heavy atom. The molecule has 2 aliphatic heterocycles. The number of nitrogens with one attached hydrogen (secondary N) is 1. The van der Waals surface area contributed by atoms with E-state index in [2.05, 4.69) is 23.2 Å². The Kier molecular flexibility index (Phi) is 3.91. The molecule has 5 heteroatoms. The Labute approximate surface area is 124 Å². The molecule has 1 aromatic rings. The van der Waals surface area contributed by atoms with E-state index in [1.165, 1.54) is 0 Å². The molecule has 0 aliphatic carbocycles. The maximum absolute atomic E-state index is 12.2. The average molecular weight is 285 g/mol. The van der Waals surface area contributed by atoms with E-state index in [0.717, 1.165) is 26.1 Å². The van der Waals surface area contributed by atoms with Crippen LogP contribution in [0.3, 0.4) is 0 Å². The molecule has 2 aliphatic rings. The second-order valence-electron chi connectivity index (χ2n) is 5.85. The van der Waals surface area contributed by atoms with Gasteiger partial charge in [-0.05, 0) is 37.6 Å². The van der Waals surface area contributed by atoms with E-state index in [0.29, 0.717) is 17.2 Å². The number of ether oxygens (including phenoxy) is 1.